The van der Waals surface area contributed by atoms with Crippen molar-refractivity contribution in [3.63, 3.8) is 0 Å². The summed E-state index contributed by atoms with van der Waals surface area (Å²) in [5.74, 6) is 1.68. The molecule has 0 saturated carbocycles. The van der Waals surface area contributed by atoms with Gasteiger partial charge < -0.3 is 9.88 Å². The zero-order valence-electron chi connectivity index (χ0n) is 15.7. The standard InChI is InChI=1S/C21H21N3O2S2/c1-12-9-13-5-2-3-7-15(13)24(12)18(25)11-27-10-17-22-20(26)19-14-6-4-8-16(14)28-21(19)23-17/h2-3,5,7,12H,4,6,8-11H2,1H3,(H,22,23,26). The third kappa shape index (κ3) is 2.97. The lowest BCUT2D eigenvalue weighted by Crippen LogP contribution is -2.37. The first-order chi connectivity index (χ1) is 13.6. The number of amides is 1. The van der Waals surface area contributed by atoms with Gasteiger partial charge in [0.05, 0.1) is 16.9 Å². The van der Waals surface area contributed by atoms with Gasteiger partial charge in [-0.3, -0.25) is 9.59 Å². The van der Waals surface area contributed by atoms with E-state index >= 15 is 0 Å². The number of carbonyl (C=O) groups excluding carboxylic acids is 1. The molecule has 0 saturated heterocycles. The van der Waals surface area contributed by atoms with Crippen LogP contribution in [0.2, 0.25) is 0 Å². The zero-order valence-corrected chi connectivity index (χ0v) is 17.3. The highest BCUT2D eigenvalue weighted by molar-refractivity contribution is 7.99. The van der Waals surface area contributed by atoms with Crippen molar-refractivity contribution in [3.8, 4) is 0 Å². The number of benzene rings is 1. The molecule has 5 rings (SSSR count). The average molecular weight is 412 g/mol. The fourth-order valence-corrected chi connectivity index (χ4v) is 6.39. The first-order valence-corrected chi connectivity index (χ1v) is 11.6. The third-order valence-corrected chi connectivity index (χ3v) is 7.68. The third-order valence-electron chi connectivity index (χ3n) is 5.56. The molecule has 3 heterocycles. The molecule has 0 radical (unpaired) electrons. The van der Waals surface area contributed by atoms with E-state index in [0.717, 1.165) is 41.6 Å². The number of carbonyl (C=O) groups is 1. The molecule has 1 unspecified atom stereocenters. The Labute approximate surface area is 171 Å². The van der Waals surface area contributed by atoms with Crippen molar-refractivity contribution < 1.29 is 4.79 Å². The minimum absolute atomic E-state index is 0.0339. The van der Waals surface area contributed by atoms with Gasteiger partial charge in [0, 0.05) is 16.6 Å². The number of thioether (sulfide) groups is 1. The van der Waals surface area contributed by atoms with Crippen LogP contribution in [0.15, 0.2) is 29.1 Å². The van der Waals surface area contributed by atoms with Crippen molar-refractivity contribution in [2.24, 2.45) is 0 Å². The molecule has 1 aliphatic carbocycles. The summed E-state index contributed by atoms with van der Waals surface area (Å²) in [6, 6.07) is 8.30. The largest absolute Gasteiger partial charge is 0.309 e. The number of H-pyrrole nitrogens is 1. The van der Waals surface area contributed by atoms with Gasteiger partial charge >= 0.3 is 0 Å². The van der Waals surface area contributed by atoms with Crippen LogP contribution in [0.25, 0.3) is 10.2 Å². The normalized spacial score (nSPS) is 17.9. The van der Waals surface area contributed by atoms with Crippen LogP contribution >= 0.6 is 23.1 Å². The number of thiophene rings is 1. The van der Waals surface area contributed by atoms with Gasteiger partial charge in [0.15, 0.2) is 0 Å². The second-order valence-corrected chi connectivity index (χ2v) is 9.56. The average Bonchev–Trinajstić information content (AvgIpc) is 3.32. The number of para-hydroxylation sites is 1. The smallest absolute Gasteiger partial charge is 0.259 e. The Morgan fingerprint density at radius 1 is 1.36 bits per heavy atom. The summed E-state index contributed by atoms with van der Waals surface area (Å²) in [4.78, 5) is 37.0. The van der Waals surface area contributed by atoms with Gasteiger partial charge in [-0.2, -0.15) is 0 Å². The molecule has 2 aliphatic rings. The Balaban J connectivity index is 1.28. The minimum Gasteiger partial charge on any atom is -0.309 e. The molecule has 0 bridgehead atoms. The molecule has 5 nitrogen and oxygen atoms in total. The first-order valence-electron chi connectivity index (χ1n) is 9.63. The quantitative estimate of drug-likeness (QED) is 0.711. The number of nitrogens with one attached hydrogen (secondary N) is 1. The maximum atomic E-state index is 12.8. The van der Waals surface area contributed by atoms with E-state index < -0.39 is 0 Å². The van der Waals surface area contributed by atoms with Gasteiger partial charge in [0.25, 0.3) is 5.56 Å². The Hall–Kier alpha value is -2.12. The van der Waals surface area contributed by atoms with Crippen LogP contribution < -0.4 is 10.5 Å². The molecule has 1 aliphatic heterocycles. The monoisotopic (exact) mass is 411 g/mol. The fourth-order valence-electron chi connectivity index (χ4n) is 4.37. The highest BCUT2D eigenvalue weighted by Gasteiger charge is 2.30. The van der Waals surface area contributed by atoms with Crippen molar-refractivity contribution in [2.75, 3.05) is 10.7 Å². The summed E-state index contributed by atoms with van der Waals surface area (Å²) in [5.41, 5.74) is 3.43. The summed E-state index contributed by atoms with van der Waals surface area (Å²) in [5, 5.41) is 0.782. The summed E-state index contributed by atoms with van der Waals surface area (Å²) in [6.45, 7) is 2.09. The van der Waals surface area contributed by atoms with Gasteiger partial charge in [0.1, 0.15) is 10.7 Å². The maximum Gasteiger partial charge on any atom is 0.259 e. The van der Waals surface area contributed by atoms with Gasteiger partial charge in [-0.1, -0.05) is 18.2 Å². The lowest BCUT2D eigenvalue weighted by molar-refractivity contribution is -0.116. The number of aryl methyl sites for hydroxylation is 2. The van der Waals surface area contributed by atoms with Crippen LogP contribution in [-0.2, 0) is 29.8 Å². The molecule has 144 valence electrons. The SMILES string of the molecule is CC1Cc2ccccc2N1C(=O)CSCc1nc2sc3c(c2c(=O)[nH]1)CCC3. The summed E-state index contributed by atoms with van der Waals surface area (Å²) < 4.78 is 0. The van der Waals surface area contributed by atoms with Crippen molar-refractivity contribution >= 4 is 44.9 Å². The number of aromatic nitrogens is 2. The molecule has 2 aromatic heterocycles. The van der Waals surface area contributed by atoms with E-state index in [0.29, 0.717) is 17.3 Å². The zero-order chi connectivity index (χ0) is 19.3. The van der Waals surface area contributed by atoms with Gasteiger partial charge in [-0.25, -0.2) is 4.98 Å². The Bertz CT molecular complexity index is 1130. The van der Waals surface area contributed by atoms with Crippen LogP contribution in [-0.4, -0.2) is 27.7 Å². The Kier molecular flexibility index (Phi) is 4.51. The highest BCUT2D eigenvalue weighted by Crippen LogP contribution is 2.35. The van der Waals surface area contributed by atoms with E-state index in [1.807, 2.05) is 23.1 Å². The predicted molar refractivity (Wildman–Crippen MR) is 116 cm³/mol. The van der Waals surface area contributed by atoms with Crippen molar-refractivity contribution in [1.29, 1.82) is 0 Å². The van der Waals surface area contributed by atoms with E-state index in [1.165, 1.54) is 27.8 Å². The number of hydrogen-bond donors (Lipinski definition) is 1. The molecule has 3 aromatic rings. The van der Waals surface area contributed by atoms with E-state index in [1.54, 1.807) is 11.3 Å². The second-order valence-electron chi connectivity index (χ2n) is 7.49. The number of anilines is 1. The molecule has 1 N–H and O–H groups in total. The maximum absolute atomic E-state index is 12.8. The van der Waals surface area contributed by atoms with E-state index in [2.05, 4.69) is 23.0 Å². The molecule has 0 fully saturated rings. The second kappa shape index (κ2) is 7.04. The number of aromatic amines is 1. The van der Waals surface area contributed by atoms with Crippen molar-refractivity contribution in [1.82, 2.24) is 9.97 Å². The molecule has 7 heteroatoms. The van der Waals surface area contributed by atoms with Gasteiger partial charge in [-0.05, 0) is 49.8 Å². The molecular formula is C21H21N3O2S2. The van der Waals surface area contributed by atoms with Gasteiger partial charge in [-0.15, -0.1) is 23.1 Å². The van der Waals surface area contributed by atoms with E-state index in [-0.39, 0.29) is 17.5 Å². The number of hydrogen-bond acceptors (Lipinski definition) is 5. The molecule has 1 atom stereocenters. The predicted octanol–water partition coefficient (Wildman–Crippen LogP) is 3.68. The summed E-state index contributed by atoms with van der Waals surface area (Å²) >= 11 is 3.16. The molecule has 28 heavy (non-hydrogen) atoms. The van der Waals surface area contributed by atoms with Crippen molar-refractivity contribution in [3.05, 3.63) is 56.4 Å². The van der Waals surface area contributed by atoms with Crippen LogP contribution in [0.5, 0.6) is 0 Å². The number of fused-ring (bicyclic) bond motifs is 4. The highest BCUT2D eigenvalue weighted by atomic mass is 32.2. The van der Waals surface area contributed by atoms with E-state index in [9.17, 15) is 9.59 Å². The molecular weight excluding hydrogens is 390 g/mol. The molecule has 1 aromatic carbocycles. The van der Waals surface area contributed by atoms with Crippen LogP contribution in [0.3, 0.4) is 0 Å². The lowest BCUT2D eigenvalue weighted by atomic mass is 10.1. The topological polar surface area (TPSA) is 66.1 Å². The fraction of sp³-hybridized carbons (Fsp3) is 0.381. The molecule has 1 amide bonds. The minimum atomic E-state index is -0.0339. The number of nitrogens with zero attached hydrogens (tertiary/aromatic N) is 2. The summed E-state index contributed by atoms with van der Waals surface area (Å²) in [6.07, 6.45) is 4.08. The van der Waals surface area contributed by atoms with Crippen molar-refractivity contribution in [2.45, 2.75) is 44.4 Å². The lowest BCUT2D eigenvalue weighted by Gasteiger charge is -2.22. The van der Waals surface area contributed by atoms with Crippen LogP contribution in [0, 0.1) is 0 Å². The van der Waals surface area contributed by atoms with Crippen LogP contribution in [0.4, 0.5) is 5.69 Å². The first kappa shape index (κ1) is 17.9. The Morgan fingerprint density at radius 2 is 2.21 bits per heavy atom. The van der Waals surface area contributed by atoms with Crippen LogP contribution in [0.1, 0.15) is 35.2 Å². The van der Waals surface area contributed by atoms with E-state index in [4.69, 9.17) is 0 Å². The summed E-state index contributed by atoms with van der Waals surface area (Å²) in [7, 11) is 0. The Morgan fingerprint density at radius 3 is 3.11 bits per heavy atom. The number of rotatable bonds is 4. The molecule has 0 spiro atoms. The van der Waals surface area contributed by atoms with Gasteiger partial charge in [0.2, 0.25) is 5.91 Å².